The Balaban J connectivity index is 1.30. The Morgan fingerprint density at radius 1 is 0.650 bits per heavy atom. The number of hydrogen-bond acceptors (Lipinski definition) is 1. The molecule has 1 nitrogen and oxygen atoms in total. The van der Waals surface area contributed by atoms with Gasteiger partial charge in [-0.25, -0.2) is 0 Å². The lowest BCUT2D eigenvalue weighted by Gasteiger charge is -2.71. The summed E-state index contributed by atoms with van der Waals surface area (Å²) in [4.78, 5) is 0. The molecule has 1 heteroatoms. The van der Waals surface area contributed by atoms with E-state index in [1.807, 2.05) is 0 Å². The summed E-state index contributed by atoms with van der Waals surface area (Å²) in [5.41, 5.74) is 1.12. The van der Waals surface area contributed by atoms with Gasteiger partial charge < -0.3 is 5.11 Å². The van der Waals surface area contributed by atoms with Gasteiger partial charge in [0.1, 0.15) is 0 Å². The minimum Gasteiger partial charge on any atom is -0.396 e. The second kappa shape index (κ2) is 7.82. The molecule has 0 radical (unpaired) electrons. The third kappa shape index (κ3) is 4.23. The molecule has 0 unspecified atom stereocenters. The molecule has 0 aromatic carbocycles. The first-order chi connectivity index (χ1) is 9.74. The summed E-state index contributed by atoms with van der Waals surface area (Å²) in [5.74, 6) is 0. The molecule has 0 heterocycles. The van der Waals surface area contributed by atoms with Gasteiger partial charge in [0, 0.05) is 6.61 Å². The van der Waals surface area contributed by atoms with Crippen LogP contribution in [0.2, 0.25) is 0 Å². The lowest BCUT2D eigenvalue weighted by atomic mass is 9.34. The average Bonchev–Trinajstić information content (AvgIpc) is 2.37. The molecule has 0 aliphatic heterocycles. The van der Waals surface area contributed by atoms with Crippen LogP contribution in [-0.2, 0) is 0 Å². The largest absolute Gasteiger partial charge is 0.396 e. The van der Waals surface area contributed by atoms with Crippen molar-refractivity contribution in [1.82, 2.24) is 0 Å². The van der Waals surface area contributed by atoms with Crippen molar-refractivity contribution in [3.05, 3.63) is 0 Å². The molecule has 0 atom stereocenters. The summed E-state index contributed by atoms with van der Waals surface area (Å²) in [7, 11) is 0. The van der Waals surface area contributed by atoms with E-state index < -0.39 is 0 Å². The topological polar surface area (TPSA) is 20.2 Å². The lowest BCUT2D eigenvalue weighted by Crippen LogP contribution is -2.63. The number of aliphatic hydroxyl groups excluding tert-OH is 1. The molecule has 20 heavy (non-hydrogen) atoms. The second-order valence-corrected chi connectivity index (χ2v) is 7.97. The third-order valence-electron chi connectivity index (χ3n) is 5.90. The Labute approximate surface area is 126 Å². The number of rotatable bonds is 13. The van der Waals surface area contributed by atoms with Gasteiger partial charge in [-0.2, -0.15) is 0 Å². The number of aliphatic hydroxyl groups is 1. The number of hydrogen-bond donors (Lipinski definition) is 1. The van der Waals surface area contributed by atoms with E-state index in [-0.39, 0.29) is 0 Å². The molecular formula is C19H36O. The molecule has 3 aliphatic carbocycles. The maximum atomic E-state index is 9.26. The summed E-state index contributed by atoms with van der Waals surface area (Å²) in [5, 5.41) is 9.26. The molecule has 3 rings (SSSR count). The summed E-state index contributed by atoms with van der Waals surface area (Å²) in [6, 6.07) is 0. The summed E-state index contributed by atoms with van der Waals surface area (Å²) in [6.45, 7) is 2.74. The van der Waals surface area contributed by atoms with Crippen molar-refractivity contribution in [2.24, 2.45) is 10.8 Å². The monoisotopic (exact) mass is 280 g/mol. The van der Waals surface area contributed by atoms with E-state index in [0.29, 0.717) is 17.4 Å². The predicted molar refractivity (Wildman–Crippen MR) is 86.9 cm³/mol. The van der Waals surface area contributed by atoms with E-state index in [4.69, 9.17) is 0 Å². The van der Waals surface area contributed by atoms with Gasteiger partial charge >= 0.3 is 0 Å². The maximum Gasteiger partial charge on any atom is 0.0488 e. The number of unbranched alkanes of at least 4 members (excludes halogenated alkanes) is 10. The van der Waals surface area contributed by atoms with E-state index in [2.05, 4.69) is 6.92 Å². The first kappa shape index (κ1) is 16.3. The van der Waals surface area contributed by atoms with Crippen LogP contribution < -0.4 is 0 Å². The van der Waals surface area contributed by atoms with Crippen LogP contribution in [0.5, 0.6) is 0 Å². The highest BCUT2D eigenvalue weighted by Crippen LogP contribution is 2.74. The first-order valence-electron chi connectivity index (χ1n) is 9.35. The SMILES string of the molecule is CCCCCCCCCCCCCC12CC(CO)(C1)C2. The fourth-order valence-corrected chi connectivity index (χ4v) is 4.83. The first-order valence-corrected chi connectivity index (χ1v) is 9.35. The molecule has 1 N–H and O–H groups in total. The smallest absolute Gasteiger partial charge is 0.0488 e. The summed E-state index contributed by atoms with van der Waals surface area (Å²) >= 11 is 0. The second-order valence-electron chi connectivity index (χ2n) is 7.97. The van der Waals surface area contributed by atoms with Gasteiger partial charge in [-0.3, -0.25) is 0 Å². The molecule has 0 aromatic rings. The summed E-state index contributed by atoms with van der Waals surface area (Å²) in [6.07, 6.45) is 21.4. The van der Waals surface area contributed by atoms with Crippen LogP contribution in [0.4, 0.5) is 0 Å². The molecule has 0 spiro atoms. The highest BCUT2D eigenvalue weighted by atomic mass is 16.3. The van der Waals surface area contributed by atoms with Crippen LogP contribution in [0.15, 0.2) is 0 Å². The van der Waals surface area contributed by atoms with Crippen molar-refractivity contribution < 1.29 is 5.11 Å². The van der Waals surface area contributed by atoms with Crippen molar-refractivity contribution in [3.63, 3.8) is 0 Å². The van der Waals surface area contributed by atoms with E-state index in [0.717, 1.165) is 0 Å². The van der Waals surface area contributed by atoms with Gasteiger partial charge in [0.05, 0.1) is 0 Å². The molecule has 3 aliphatic rings. The predicted octanol–water partition coefficient (Wildman–Crippen LogP) is 5.85. The van der Waals surface area contributed by atoms with Crippen LogP contribution in [-0.4, -0.2) is 11.7 Å². The minimum atomic E-state index is 0.414. The molecule has 2 bridgehead atoms. The van der Waals surface area contributed by atoms with Gasteiger partial charge in [0.15, 0.2) is 0 Å². The van der Waals surface area contributed by atoms with Crippen LogP contribution in [0.3, 0.4) is 0 Å². The Bertz CT molecular complexity index is 251. The van der Waals surface area contributed by atoms with Crippen LogP contribution in [0.25, 0.3) is 0 Å². The van der Waals surface area contributed by atoms with Gasteiger partial charge in [0.2, 0.25) is 0 Å². The average molecular weight is 280 g/mol. The van der Waals surface area contributed by atoms with Crippen molar-refractivity contribution in [1.29, 1.82) is 0 Å². The molecule has 118 valence electrons. The van der Waals surface area contributed by atoms with Gasteiger partial charge in [-0.1, -0.05) is 77.6 Å². The van der Waals surface area contributed by atoms with Gasteiger partial charge in [-0.15, -0.1) is 0 Å². The van der Waals surface area contributed by atoms with Gasteiger partial charge in [0.25, 0.3) is 0 Å². The van der Waals surface area contributed by atoms with Crippen LogP contribution >= 0.6 is 0 Å². The zero-order chi connectivity index (χ0) is 14.3. The molecule has 0 saturated heterocycles. The lowest BCUT2D eigenvalue weighted by molar-refractivity contribution is -0.227. The molecule has 3 fully saturated rings. The standard InChI is InChI=1S/C19H36O/c1-2-3-4-5-6-7-8-9-10-11-12-13-18-14-19(15-18,16-18)17-20/h20H,2-17H2,1H3. The van der Waals surface area contributed by atoms with E-state index >= 15 is 0 Å². The zero-order valence-corrected chi connectivity index (χ0v) is 13.8. The van der Waals surface area contributed by atoms with Crippen molar-refractivity contribution >= 4 is 0 Å². The third-order valence-corrected chi connectivity index (χ3v) is 5.90. The zero-order valence-electron chi connectivity index (χ0n) is 13.8. The van der Waals surface area contributed by atoms with E-state index in [1.165, 1.54) is 96.3 Å². The minimum absolute atomic E-state index is 0.414. The quantitative estimate of drug-likeness (QED) is 0.419. The molecule has 0 aromatic heterocycles. The fraction of sp³-hybridized carbons (Fsp3) is 1.00. The molecule has 3 saturated carbocycles. The molecule has 0 amide bonds. The Morgan fingerprint density at radius 3 is 1.55 bits per heavy atom. The summed E-state index contributed by atoms with van der Waals surface area (Å²) < 4.78 is 0. The van der Waals surface area contributed by atoms with Crippen molar-refractivity contribution in [3.8, 4) is 0 Å². The van der Waals surface area contributed by atoms with Crippen molar-refractivity contribution in [2.75, 3.05) is 6.61 Å². The van der Waals surface area contributed by atoms with E-state index in [9.17, 15) is 5.11 Å². The van der Waals surface area contributed by atoms with E-state index in [1.54, 1.807) is 0 Å². The Morgan fingerprint density at radius 2 is 1.10 bits per heavy atom. The van der Waals surface area contributed by atoms with Gasteiger partial charge in [-0.05, 0) is 36.5 Å². The Kier molecular flexibility index (Phi) is 6.39. The maximum absolute atomic E-state index is 9.26. The highest BCUT2D eigenvalue weighted by Gasteiger charge is 2.66. The van der Waals surface area contributed by atoms with Crippen molar-refractivity contribution in [2.45, 2.75) is 103 Å². The molecular weight excluding hydrogens is 244 g/mol. The Hall–Kier alpha value is -0.0400. The van der Waals surface area contributed by atoms with Crippen LogP contribution in [0.1, 0.15) is 103 Å². The highest BCUT2D eigenvalue weighted by molar-refractivity contribution is 5.16. The van der Waals surface area contributed by atoms with Crippen LogP contribution in [0, 0.1) is 10.8 Å². The normalized spacial score (nSPS) is 30.9. The fourth-order valence-electron chi connectivity index (χ4n) is 4.83.